The van der Waals surface area contributed by atoms with E-state index in [2.05, 4.69) is 10.6 Å². The first kappa shape index (κ1) is 21.7. The molecule has 0 aliphatic rings. The quantitative estimate of drug-likeness (QED) is 0.488. The first-order valence-corrected chi connectivity index (χ1v) is 7.97. The summed E-state index contributed by atoms with van der Waals surface area (Å²) >= 11 is 0. The molecule has 10 heteroatoms. The summed E-state index contributed by atoms with van der Waals surface area (Å²) in [5, 5.41) is 23.1. The summed E-state index contributed by atoms with van der Waals surface area (Å²) < 4.78 is 10.2. The van der Waals surface area contributed by atoms with Gasteiger partial charge in [0.25, 0.3) is 5.91 Å². The van der Waals surface area contributed by atoms with Gasteiger partial charge in [-0.15, -0.1) is 0 Å². The van der Waals surface area contributed by atoms with Crippen molar-refractivity contribution in [2.45, 2.75) is 26.4 Å². The predicted octanol–water partition coefficient (Wildman–Crippen LogP) is 1.10. The molecule has 0 aliphatic heterocycles. The number of carboxylic acids is 2. The molecule has 0 aromatic heterocycles. The number of hydrogen-bond donors (Lipinski definition) is 4. The fourth-order valence-electron chi connectivity index (χ4n) is 1.93. The molecule has 148 valence electrons. The average molecular weight is 382 g/mol. The number of ether oxygens (including phenoxy) is 2. The maximum absolute atomic E-state index is 11.7. The number of carbonyl (C=O) groups is 4. The minimum atomic E-state index is -1.48. The van der Waals surface area contributed by atoms with Crippen LogP contribution in [0.4, 0.5) is 4.79 Å². The molecule has 0 aliphatic carbocycles. The van der Waals surface area contributed by atoms with E-state index < -0.39 is 47.3 Å². The van der Waals surface area contributed by atoms with Crippen LogP contribution in [0.25, 0.3) is 0 Å². The second-order valence-electron chi connectivity index (χ2n) is 6.36. The van der Waals surface area contributed by atoms with Gasteiger partial charge in [-0.2, -0.15) is 0 Å². The van der Waals surface area contributed by atoms with E-state index in [-0.39, 0.29) is 18.8 Å². The zero-order valence-corrected chi connectivity index (χ0v) is 15.2. The highest BCUT2D eigenvalue weighted by Crippen LogP contribution is 2.22. The van der Waals surface area contributed by atoms with Gasteiger partial charge in [-0.3, -0.25) is 4.79 Å². The summed E-state index contributed by atoms with van der Waals surface area (Å²) in [6, 6.07) is 3.70. The zero-order valence-electron chi connectivity index (χ0n) is 15.2. The summed E-state index contributed by atoms with van der Waals surface area (Å²) in [6.45, 7) is 4.86. The average Bonchev–Trinajstić information content (AvgIpc) is 2.54. The molecule has 1 aromatic carbocycles. The molecule has 0 fully saturated rings. The van der Waals surface area contributed by atoms with Crippen molar-refractivity contribution in [3.05, 3.63) is 29.3 Å². The van der Waals surface area contributed by atoms with Crippen LogP contribution in [0.15, 0.2) is 18.2 Å². The predicted molar refractivity (Wildman–Crippen MR) is 93.1 cm³/mol. The molecule has 1 aromatic rings. The van der Waals surface area contributed by atoms with E-state index in [1.165, 1.54) is 12.1 Å². The van der Waals surface area contributed by atoms with Gasteiger partial charge >= 0.3 is 18.0 Å². The molecule has 10 nitrogen and oxygen atoms in total. The summed E-state index contributed by atoms with van der Waals surface area (Å²) in [6.07, 6.45) is -0.621. The molecule has 0 spiro atoms. The van der Waals surface area contributed by atoms with Crippen molar-refractivity contribution in [3.63, 3.8) is 0 Å². The second kappa shape index (κ2) is 9.41. The lowest BCUT2D eigenvalue weighted by Crippen LogP contribution is -2.39. The third kappa shape index (κ3) is 7.63. The fraction of sp³-hybridized carbons (Fsp3) is 0.412. The summed E-state index contributed by atoms with van der Waals surface area (Å²) in [7, 11) is 0. The van der Waals surface area contributed by atoms with E-state index >= 15 is 0 Å². The molecule has 0 bridgehead atoms. The van der Waals surface area contributed by atoms with Crippen LogP contribution in [-0.2, 0) is 9.53 Å². The molecule has 2 amide bonds. The molecule has 0 heterocycles. The number of carboxylic acid groups (broad SMARTS) is 2. The van der Waals surface area contributed by atoms with Gasteiger partial charge in [0.2, 0.25) is 0 Å². The van der Waals surface area contributed by atoms with Gasteiger partial charge in [0, 0.05) is 13.1 Å². The highest BCUT2D eigenvalue weighted by molar-refractivity contribution is 6.03. The Morgan fingerprint density at radius 2 is 1.63 bits per heavy atom. The topological polar surface area (TPSA) is 151 Å². The van der Waals surface area contributed by atoms with E-state index in [0.29, 0.717) is 0 Å². The Morgan fingerprint density at radius 3 is 2.19 bits per heavy atom. The summed E-state index contributed by atoms with van der Waals surface area (Å²) in [5.74, 6) is -3.71. The Bertz CT molecular complexity index is 724. The Balaban J connectivity index is 2.49. The lowest BCUT2D eigenvalue weighted by Gasteiger charge is -2.19. The van der Waals surface area contributed by atoms with Crippen LogP contribution in [0, 0.1) is 0 Å². The van der Waals surface area contributed by atoms with Crippen molar-refractivity contribution in [1.82, 2.24) is 10.6 Å². The molecule has 4 N–H and O–H groups in total. The minimum absolute atomic E-state index is 0.0996. The number of rotatable bonds is 8. The van der Waals surface area contributed by atoms with Gasteiger partial charge in [-0.1, -0.05) is 6.07 Å². The van der Waals surface area contributed by atoms with Crippen molar-refractivity contribution >= 4 is 23.9 Å². The highest BCUT2D eigenvalue weighted by atomic mass is 16.6. The number of aromatic carboxylic acids is 2. The smallest absolute Gasteiger partial charge is 0.407 e. The standard InChI is InChI=1S/C17H22N2O8/c1-17(2,3)27-16(25)19-8-7-18-12(20)9-26-11-6-4-5-10(14(21)22)13(11)15(23)24/h4-6H,7-9H2,1-3H3,(H,18,20)(H,19,25)(H,21,22)(H,23,24). The van der Waals surface area contributed by atoms with E-state index in [1.807, 2.05) is 0 Å². The monoisotopic (exact) mass is 382 g/mol. The van der Waals surface area contributed by atoms with Gasteiger partial charge in [0.15, 0.2) is 6.61 Å². The molecular formula is C17H22N2O8. The van der Waals surface area contributed by atoms with E-state index in [4.69, 9.17) is 14.6 Å². The SMILES string of the molecule is CC(C)(C)OC(=O)NCCNC(=O)COc1cccc(C(=O)O)c1C(=O)O. The summed E-state index contributed by atoms with van der Waals surface area (Å²) in [4.78, 5) is 45.5. The van der Waals surface area contributed by atoms with E-state index in [9.17, 15) is 24.3 Å². The molecule has 0 unspecified atom stereocenters. The molecule has 0 saturated carbocycles. The Morgan fingerprint density at radius 1 is 1.00 bits per heavy atom. The highest BCUT2D eigenvalue weighted by Gasteiger charge is 2.21. The number of nitrogens with one attached hydrogen (secondary N) is 2. The second-order valence-corrected chi connectivity index (χ2v) is 6.36. The maximum Gasteiger partial charge on any atom is 0.407 e. The van der Waals surface area contributed by atoms with Crippen molar-refractivity contribution < 1.29 is 38.9 Å². The van der Waals surface area contributed by atoms with Crippen LogP contribution in [0.3, 0.4) is 0 Å². The first-order valence-electron chi connectivity index (χ1n) is 7.97. The van der Waals surface area contributed by atoms with Crippen molar-refractivity contribution in [3.8, 4) is 5.75 Å². The number of hydrogen-bond acceptors (Lipinski definition) is 6. The molecule has 1 rings (SSSR count). The van der Waals surface area contributed by atoms with Crippen molar-refractivity contribution in [2.24, 2.45) is 0 Å². The molecule has 27 heavy (non-hydrogen) atoms. The molecular weight excluding hydrogens is 360 g/mol. The van der Waals surface area contributed by atoms with Crippen LogP contribution in [0.5, 0.6) is 5.75 Å². The molecule has 0 radical (unpaired) electrons. The minimum Gasteiger partial charge on any atom is -0.483 e. The van der Waals surface area contributed by atoms with Crippen LogP contribution in [0.1, 0.15) is 41.5 Å². The lowest BCUT2D eigenvalue weighted by atomic mass is 10.1. The van der Waals surface area contributed by atoms with Crippen molar-refractivity contribution in [2.75, 3.05) is 19.7 Å². The largest absolute Gasteiger partial charge is 0.483 e. The van der Waals surface area contributed by atoms with Crippen LogP contribution >= 0.6 is 0 Å². The zero-order chi connectivity index (χ0) is 20.6. The number of benzene rings is 1. The van der Waals surface area contributed by atoms with Crippen LogP contribution in [-0.4, -0.2) is 59.4 Å². The summed E-state index contributed by atoms with van der Waals surface area (Å²) in [5.41, 5.74) is -1.61. The first-order chi connectivity index (χ1) is 12.5. The lowest BCUT2D eigenvalue weighted by molar-refractivity contribution is -0.123. The number of carbonyl (C=O) groups excluding carboxylic acids is 2. The van der Waals surface area contributed by atoms with Crippen molar-refractivity contribution in [1.29, 1.82) is 0 Å². The van der Waals surface area contributed by atoms with Crippen LogP contribution < -0.4 is 15.4 Å². The van der Waals surface area contributed by atoms with Gasteiger partial charge < -0.3 is 30.3 Å². The number of alkyl carbamates (subject to hydrolysis) is 1. The normalized spacial score (nSPS) is 10.6. The van der Waals surface area contributed by atoms with Gasteiger partial charge in [0.05, 0.1) is 5.56 Å². The van der Waals surface area contributed by atoms with Gasteiger partial charge in [-0.25, -0.2) is 14.4 Å². The third-order valence-corrected chi connectivity index (χ3v) is 2.94. The Hall–Kier alpha value is -3.30. The van der Waals surface area contributed by atoms with E-state index in [0.717, 1.165) is 6.07 Å². The molecule has 0 saturated heterocycles. The molecule has 0 atom stereocenters. The van der Waals surface area contributed by atoms with Crippen LogP contribution in [0.2, 0.25) is 0 Å². The fourth-order valence-corrected chi connectivity index (χ4v) is 1.93. The number of amides is 2. The third-order valence-electron chi connectivity index (χ3n) is 2.94. The van der Waals surface area contributed by atoms with Gasteiger partial charge in [-0.05, 0) is 32.9 Å². The van der Waals surface area contributed by atoms with E-state index in [1.54, 1.807) is 20.8 Å². The maximum atomic E-state index is 11.7. The Kier molecular flexibility index (Phi) is 7.58. The van der Waals surface area contributed by atoms with Gasteiger partial charge in [0.1, 0.15) is 16.9 Å². The Labute approximate surface area is 155 Å².